The van der Waals surface area contributed by atoms with Gasteiger partial charge in [-0.1, -0.05) is 6.92 Å². The van der Waals surface area contributed by atoms with Crippen molar-refractivity contribution in [3.8, 4) is 0 Å². The first-order valence-corrected chi connectivity index (χ1v) is 2.20. The van der Waals surface area contributed by atoms with Gasteiger partial charge in [-0.05, 0) is 6.42 Å². The molecule has 8 heavy (non-hydrogen) atoms. The second kappa shape index (κ2) is 6.86. The van der Waals surface area contributed by atoms with Gasteiger partial charge >= 0.3 is 5.97 Å². The van der Waals surface area contributed by atoms with Gasteiger partial charge in [0.25, 0.3) is 0 Å². The first kappa shape index (κ1) is 10.8. The van der Waals surface area contributed by atoms with Gasteiger partial charge in [0, 0.05) is 6.42 Å². The monoisotopic (exact) mass is 137 g/mol. The molecule has 0 aromatic rings. The number of nitrogens with two attached hydrogens (primary N) is 1. The molecule has 50 valence electrons. The third-order valence-electron chi connectivity index (χ3n) is 0.586. The zero-order valence-corrected chi connectivity index (χ0v) is 6.43. The number of hydrogen-bond donors (Lipinski definition) is 1. The summed E-state index contributed by atoms with van der Waals surface area (Å²) < 4.78 is 0. The summed E-state index contributed by atoms with van der Waals surface area (Å²) in [5.74, 6) is 4.16. The molecule has 0 rings (SSSR count). The van der Waals surface area contributed by atoms with Crippen molar-refractivity contribution in [3.05, 3.63) is 0 Å². The molecule has 0 aromatic heterocycles. The summed E-state index contributed by atoms with van der Waals surface area (Å²) >= 11 is 0. The van der Waals surface area contributed by atoms with Crippen LogP contribution in [0.1, 0.15) is 19.8 Å². The number of rotatable bonds is 2. The Bertz CT molecular complexity index is 67.1. The van der Waals surface area contributed by atoms with E-state index in [-0.39, 0.29) is 15.9 Å². The van der Waals surface area contributed by atoms with Crippen molar-refractivity contribution >= 4 is 15.9 Å². The predicted octanol–water partition coefficient (Wildman–Crippen LogP) is 0.261. The standard InChI is InChI=1S/C4H9NO2.H3P/c1-2-3-4(6)7-5;/h2-3,5H2,1H3;1H3. The lowest BCUT2D eigenvalue weighted by Gasteiger charge is -1.89. The van der Waals surface area contributed by atoms with E-state index in [0.29, 0.717) is 6.42 Å². The van der Waals surface area contributed by atoms with Crippen molar-refractivity contribution in [1.82, 2.24) is 0 Å². The fraction of sp³-hybridized carbons (Fsp3) is 0.750. The molecule has 0 amide bonds. The summed E-state index contributed by atoms with van der Waals surface area (Å²) in [4.78, 5) is 13.9. The molecule has 0 spiro atoms. The summed E-state index contributed by atoms with van der Waals surface area (Å²) in [5, 5.41) is 0. The van der Waals surface area contributed by atoms with E-state index in [1.165, 1.54) is 0 Å². The van der Waals surface area contributed by atoms with Gasteiger partial charge in [0.05, 0.1) is 0 Å². The molecule has 0 saturated carbocycles. The molecule has 0 aromatic carbocycles. The van der Waals surface area contributed by atoms with Gasteiger partial charge in [0.1, 0.15) is 0 Å². The molecule has 0 radical (unpaired) electrons. The Labute approximate surface area is 52.2 Å². The molecular weight excluding hydrogens is 125 g/mol. The molecule has 0 bridgehead atoms. The fourth-order valence-corrected chi connectivity index (χ4v) is 0.263. The summed E-state index contributed by atoms with van der Waals surface area (Å²) in [6.07, 6.45) is 1.20. The normalized spacial score (nSPS) is 7.25. The molecule has 3 nitrogen and oxygen atoms in total. The predicted molar refractivity (Wildman–Crippen MR) is 36.3 cm³/mol. The van der Waals surface area contributed by atoms with Crippen LogP contribution < -0.4 is 5.90 Å². The average Bonchev–Trinajstić information content (AvgIpc) is 1.68. The van der Waals surface area contributed by atoms with Gasteiger partial charge in [-0.2, -0.15) is 15.8 Å². The maximum atomic E-state index is 10.1. The third kappa shape index (κ3) is 5.86. The van der Waals surface area contributed by atoms with E-state index in [4.69, 9.17) is 0 Å². The van der Waals surface area contributed by atoms with Gasteiger partial charge in [-0.25, -0.2) is 0 Å². The van der Waals surface area contributed by atoms with Gasteiger partial charge in [-0.15, -0.1) is 0 Å². The van der Waals surface area contributed by atoms with Crippen LogP contribution in [0, 0.1) is 0 Å². The van der Waals surface area contributed by atoms with Crippen molar-refractivity contribution < 1.29 is 9.63 Å². The number of carbonyl (C=O) groups is 1. The quantitative estimate of drug-likeness (QED) is 0.438. The lowest BCUT2D eigenvalue weighted by molar-refractivity contribution is -0.144. The van der Waals surface area contributed by atoms with Crippen LogP contribution in [0.2, 0.25) is 0 Å². The van der Waals surface area contributed by atoms with Crippen molar-refractivity contribution in [1.29, 1.82) is 0 Å². The molecule has 4 heteroatoms. The zero-order valence-electron chi connectivity index (χ0n) is 5.02. The Kier molecular flexibility index (Phi) is 9.24. The first-order chi connectivity index (χ1) is 3.31. The Morgan fingerprint density at radius 2 is 2.25 bits per heavy atom. The second-order valence-corrected chi connectivity index (χ2v) is 1.24. The van der Waals surface area contributed by atoms with E-state index < -0.39 is 0 Å². The summed E-state index contributed by atoms with van der Waals surface area (Å²) in [7, 11) is 0. The zero-order chi connectivity index (χ0) is 5.70. The van der Waals surface area contributed by atoms with Crippen LogP contribution >= 0.6 is 9.90 Å². The van der Waals surface area contributed by atoms with Crippen LogP contribution in [-0.4, -0.2) is 5.97 Å². The largest absolute Gasteiger partial charge is 0.373 e. The smallest absolute Gasteiger partial charge is 0.324 e. The van der Waals surface area contributed by atoms with Gasteiger partial charge in [0.2, 0.25) is 0 Å². The first-order valence-electron chi connectivity index (χ1n) is 2.20. The minimum Gasteiger partial charge on any atom is -0.373 e. The van der Waals surface area contributed by atoms with Gasteiger partial charge in [-0.3, -0.25) is 4.79 Å². The minimum absolute atomic E-state index is 0. The van der Waals surface area contributed by atoms with Crippen molar-refractivity contribution in [3.63, 3.8) is 0 Å². The van der Waals surface area contributed by atoms with E-state index in [1.54, 1.807) is 0 Å². The maximum Gasteiger partial charge on any atom is 0.324 e. The molecule has 0 aliphatic rings. The van der Waals surface area contributed by atoms with Crippen LogP contribution in [-0.2, 0) is 9.63 Å². The van der Waals surface area contributed by atoms with E-state index >= 15 is 0 Å². The van der Waals surface area contributed by atoms with Crippen molar-refractivity contribution in [2.75, 3.05) is 0 Å². The topological polar surface area (TPSA) is 52.3 Å². The van der Waals surface area contributed by atoms with Crippen molar-refractivity contribution in [2.24, 2.45) is 5.90 Å². The van der Waals surface area contributed by atoms with Crippen LogP contribution in [0.5, 0.6) is 0 Å². The molecule has 1 unspecified atom stereocenters. The molecule has 0 heterocycles. The fourth-order valence-electron chi connectivity index (χ4n) is 0.263. The molecular formula is C4H12NO2P. The van der Waals surface area contributed by atoms with E-state index in [0.717, 1.165) is 6.42 Å². The molecule has 2 N–H and O–H groups in total. The Hall–Kier alpha value is -0.140. The molecule has 1 atom stereocenters. The second-order valence-electron chi connectivity index (χ2n) is 1.24. The van der Waals surface area contributed by atoms with Gasteiger partial charge in [0.15, 0.2) is 0 Å². The maximum absolute atomic E-state index is 10.1. The summed E-state index contributed by atoms with van der Waals surface area (Å²) in [5.41, 5.74) is 0. The lowest BCUT2D eigenvalue weighted by Crippen LogP contribution is -2.08. The SMILES string of the molecule is CCCC(=O)ON.P. The van der Waals surface area contributed by atoms with Crippen LogP contribution in [0.25, 0.3) is 0 Å². The molecule has 0 saturated heterocycles. The summed E-state index contributed by atoms with van der Waals surface area (Å²) in [6.45, 7) is 1.89. The Morgan fingerprint density at radius 3 is 2.38 bits per heavy atom. The number of hydrogen-bond acceptors (Lipinski definition) is 3. The highest BCUT2D eigenvalue weighted by molar-refractivity contribution is 6.92. The van der Waals surface area contributed by atoms with Crippen LogP contribution in [0.3, 0.4) is 0 Å². The lowest BCUT2D eigenvalue weighted by atomic mass is 10.3. The van der Waals surface area contributed by atoms with E-state index in [2.05, 4.69) is 10.7 Å². The van der Waals surface area contributed by atoms with E-state index in [1.807, 2.05) is 6.92 Å². The Balaban J connectivity index is 0. The average molecular weight is 137 g/mol. The Morgan fingerprint density at radius 1 is 1.75 bits per heavy atom. The minimum atomic E-state index is -0.345. The summed E-state index contributed by atoms with van der Waals surface area (Å²) in [6, 6.07) is 0. The highest BCUT2D eigenvalue weighted by Gasteiger charge is 1.93. The third-order valence-corrected chi connectivity index (χ3v) is 0.586. The van der Waals surface area contributed by atoms with Crippen molar-refractivity contribution in [2.45, 2.75) is 19.8 Å². The highest BCUT2D eigenvalue weighted by Crippen LogP contribution is 1.85. The van der Waals surface area contributed by atoms with Crippen LogP contribution in [0.4, 0.5) is 0 Å². The molecule has 0 fully saturated rings. The van der Waals surface area contributed by atoms with E-state index in [9.17, 15) is 4.79 Å². The van der Waals surface area contributed by atoms with Gasteiger partial charge < -0.3 is 4.84 Å². The van der Waals surface area contributed by atoms with Crippen LogP contribution in [0.15, 0.2) is 0 Å². The molecule has 0 aliphatic heterocycles. The molecule has 0 aliphatic carbocycles. The number of carbonyl (C=O) groups excluding carboxylic acids is 1. The highest BCUT2D eigenvalue weighted by atomic mass is 31.0.